The first-order valence-electron chi connectivity index (χ1n) is 6.67. The highest BCUT2D eigenvalue weighted by Crippen LogP contribution is 2.08. The van der Waals surface area contributed by atoms with Crippen molar-refractivity contribution in [3.8, 4) is 0 Å². The fraction of sp³-hybridized carbons (Fsp3) is 0.294. The van der Waals surface area contributed by atoms with Gasteiger partial charge in [-0.15, -0.1) is 0 Å². The van der Waals surface area contributed by atoms with Crippen molar-refractivity contribution in [1.29, 1.82) is 0 Å². The van der Waals surface area contributed by atoms with E-state index in [1.165, 1.54) is 17.2 Å². The highest BCUT2D eigenvalue weighted by Gasteiger charge is 2.04. The highest BCUT2D eigenvalue weighted by molar-refractivity contribution is 5.22. The van der Waals surface area contributed by atoms with Gasteiger partial charge in [0.2, 0.25) is 0 Å². The Morgan fingerprint density at radius 3 is 2.53 bits per heavy atom. The fourth-order valence-electron chi connectivity index (χ4n) is 2.20. The molecule has 2 aromatic carbocycles. The normalized spacial score (nSPS) is 12.4. The van der Waals surface area contributed by atoms with Crippen LogP contribution in [0.2, 0.25) is 0 Å². The van der Waals surface area contributed by atoms with Gasteiger partial charge in [0.15, 0.2) is 0 Å². The Morgan fingerprint density at radius 2 is 1.79 bits per heavy atom. The summed E-state index contributed by atoms with van der Waals surface area (Å²) >= 11 is 0. The predicted molar refractivity (Wildman–Crippen MR) is 77.6 cm³/mol. The summed E-state index contributed by atoms with van der Waals surface area (Å²) in [6, 6.07) is 15.6. The lowest BCUT2D eigenvalue weighted by atomic mass is 10.1. The standard InChI is InChI=1S/C17H20FN/c1-13-5-3-7-16(9-13)12-19-14(2)10-15-6-4-8-17(18)11-15/h3-9,11,14,19H,10,12H2,1-2H3. The molecule has 0 aromatic heterocycles. The zero-order chi connectivity index (χ0) is 13.7. The second kappa shape index (κ2) is 6.48. The summed E-state index contributed by atoms with van der Waals surface area (Å²) in [7, 11) is 0. The van der Waals surface area contributed by atoms with Crippen LogP contribution in [0.4, 0.5) is 4.39 Å². The first-order chi connectivity index (χ1) is 9.13. The third kappa shape index (κ3) is 4.49. The van der Waals surface area contributed by atoms with Crippen LogP contribution in [0.15, 0.2) is 48.5 Å². The minimum Gasteiger partial charge on any atom is -0.310 e. The zero-order valence-corrected chi connectivity index (χ0v) is 11.5. The number of hydrogen-bond acceptors (Lipinski definition) is 1. The molecule has 0 spiro atoms. The molecule has 1 unspecified atom stereocenters. The van der Waals surface area contributed by atoms with Gasteiger partial charge in [0.25, 0.3) is 0 Å². The molecule has 0 saturated carbocycles. The van der Waals surface area contributed by atoms with Crippen molar-refractivity contribution in [3.63, 3.8) is 0 Å². The van der Waals surface area contributed by atoms with E-state index in [0.29, 0.717) is 6.04 Å². The molecule has 2 heteroatoms. The van der Waals surface area contributed by atoms with Crippen molar-refractivity contribution in [2.75, 3.05) is 0 Å². The summed E-state index contributed by atoms with van der Waals surface area (Å²) in [6.45, 7) is 5.07. The van der Waals surface area contributed by atoms with Gasteiger partial charge in [0.1, 0.15) is 5.82 Å². The molecule has 0 aliphatic rings. The molecule has 19 heavy (non-hydrogen) atoms. The summed E-state index contributed by atoms with van der Waals surface area (Å²) in [5, 5.41) is 3.47. The molecule has 1 atom stereocenters. The van der Waals surface area contributed by atoms with Crippen molar-refractivity contribution < 1.29 is 4.39 Å². The summed E-state index contributed by atoms with van der Waals surface area (Å²) in [4.78, 5) is 0. The molecule has 100 valence electrons. The van der Waals surface area contributed by atoms with Gasteiger partial charge in [0, 0.05) is 12.6 Å². The van der Waals surface area contributed by atoms with Gasteiger partial charge < -0.3 is 5.32 Å². The summed E-state index contributed by atoms with van der Waals surface area (Å²) < 4.78 is 13.1. The van der Waals surface area contributed by atoms with Crippen LogP contribution in [-0.2, 0) is 13.0 Å². The molecule has 0 saturated heterocycles. The maximum atomic E-state index is 13.1. The van der Waals surface area contributed by atoms with Gasteiger partial charge in [-0.05, 0) is 43.5 Å². The highest BCUT2D eigenvalue weighted by atomic mass is 19.1. The van der Waals surface area contributed by atoms with Crippen molar-refractivity contribution in [2.45, 2.75) is 32.9 Å². The molecule has 0 bridgehead atoms. The molecular formula is C17H20FN. The molecule has 1 nitrogen and oxygen atoms in total. The minimum absolute atomic E-state index is 0.164. The van der Waals surface area contributed by atoms with E-state index in [-0.39, 0.29) is 5.82 Å². The predicted octanol–water partition coefficient (Wildman–Crippen LogP) is 3.85. The van der Waals surface area contributed by atoms with E-state index in [0.717, 1.165) is 18.5 Å². The Morgan fingerprint density at radius 1 is 1.05 bits per heavy atom. The van der Waals surface area contributed by atoms with Crippen LogP contribution in [0.3, 0.4) is 0 Å². The Labute approximate surface area is 114 Å². The van der Waals surface area contributed by atoms with E-state index in [1.54, 1.807) is 12.1 Å². The maximum Gasteiger partial charge on any atom is 0.123 e. The first-order valence-corrected chi connectivity index (χ1v) is 6.67. The Hall–Kier alpha value is -1.67. The van der Waals surface area contributed by atoms with Crippen LogP contribution in [0.5, 0.6) is 0 Å². The van der Waals surface area contributed by atoms with Crippen LogP contribution in [-0.4, -0.2) is 6.04 Å². The molecule has 0 radical (unpaired) electrons. The molecule has 0 aliphatic heterocycles. The van der Waals surface area contributed by atoms with Crippen molar-refractivity contribution in [3.05, 3.63) is 71.0 Å². The number of halogens is 1. The Bertz CT molecular complexity index is 536. The lowest BCUT2D eigenvalue weighted by Gasteiger charge is -2.14. The monoisotopic (exact) mass is 257 g/mol. The van der Waals surface area contributed by atoms with Crippen LogP contribution >= 0.6 is 0 Å². The first kappa shape index (κ1) is 13.8. The fourth-order valence-corrected chi connectivity index (χ4v) is 2.20. The van der Waals surface area contributed by atoms with Gasteiger partial charge in [-0.3, -0.25) is 0 Å². The molecule has 0 aliphatic carbocycles. The van der Waals surface area contributed by atoms with E-state index in [1.807, 2.05) is 6.07 Å². The van der Waals surface area contributed by atoms with Crippen LogP contribution in [0, 0.1) is 12.7 Å². The molecule has 0 fully saturated rings. The van der Waals surface area contributed by atoms with E-state index in [9.17, 15) is 4.39 Å². The summed E-state index contributed by atoms with van der Waals surface area (Å²) in [5.41, 5.74) is 3.59. The van der Waals surface area contributed by atoms with Gasteiger partial charge in [-0.25, -0.2) is 4.39 Å². The molecule has 2 rings (SSSR count). The average Bonchev–Trinajstić information content (AvgIpc) is 2.36. The molecule has 0 amide bonds. The van der Waals surface area contributed by atoms with E-state index < -0.39 is 0 Å². The molecular weight excluding hydrogens is 237 g/mol. The number of hydrogen-bond donors (Lipinski definition) is 1. The number of benzene rings is 2. The molecule has 1 N–H and O–H groups in total. The number of nitrogens with one attached hydrogen (secondary N) is 1. The third-order valence-electron chi connectivity index (χ3n) is 3.17. The van der Waals surface area contributed by atoms with Gasteiger partial charge in [0.05, 0.1) is 0 Å². The van der Waals surface area contributed by atoms with Gasteiger partial charge >= 0.3 is 0 Å². The summed E-state index contributed by atoms with van der Waals surface area (Å²) in [5.74, 6) is -0.164. The Kier molecular flexibility index (Phi) is 4.69. The number of rotatable bonds is 5. The summed E-state index contributed by atoms with van der Waals surface area (Å²) in [6.07, 6.45) is 0.837. The lowest BCUT2D eigenvalue weighted by Crippen LogP contribution is -2.27. The second-order valence-electron chi connectivity index (χ2n) is 5.11. The van der Waals surface area contributed by atoms with Crippen LogP contribution in [0.25, 0.3) is 0 Å². The van der Waals surface area contributed by atoms with Crippen LogP contribution < -0.4 is 5.32 Å². The SMILES string of the molecule is Cc1cccc(CNC(C)Cc2cccc(F)c2)c1. The minimum atomic E-state index is -0.164. The van der Waals surface area contributed by atoms with Crippen LogP contribution in [0.1, 0.15) is 23.6 Å². The van der Waals surface area contributed by atoms with Crippen molar-refractivity contribution in [2.24, 2.45) is 0 Å². The van der Waals surface area contributed by atoms with E-state index in [2.05, 4.69) is 43.4 Å². The number of aryl methyl sites for hydroxylation is 1. The lowest BCUT2D eigenvalue weighted by molar-refractivity contribution is 0.542. The van der Waals surface area contributed by atoms with E-state index in [4.69, 9.17) is 0 Å². The average molecular weight is 257 g/mol. The largest absolute Gasteiger partial charge is 0.310 e. The molecule has 2 aromatic rings. The van der Waals surface area contributed by atoms with Crippen molar-refractivity contribution >= 4 is 0 Å². The maximum absolute atomic E-state index is 13.1. The van der Waals surface area contributed by atoms with Gasteiger partial charge in [-0.2, -0.15) is 0 Å². The second-order valence-corrected chi connectivity index (χ2v) is 5.11. The van der Waals surface area contributed by atoms with E-state index >= 15 is 0 Å². The zero-order valence-electron chi connectivity index (χ0n) is 11.5. The smallest absolute Gasteiger partial charge is 0.123 e. The third-order valence-corrected chi connectivity index (χ3v) is 3.17. The molecule has 0 heterocycles. The Balaban J connectivity index is 1.86. The topological polar surface area (TPSA) is 12.0 Å². The quantitative estimate of drug-likeness (QED) is 0.857. The van der Waals surface area contributed by atoms with Gasteiger partial charge in [-0.1, -0.05) is 42.0 Å². The van der Waals surface area contributed by atoms with Crippen molar-refractivity contribution in [1.82, 2.24) is 5.32 Å².